The van der Waals surface area contributed by atoms with Crippen molar-refractivity contribution < 1.29 is 13.2 Å². The Morgan fingerprint density at radius 1 is 1.23 bits per heavy atom. The minimum absolute atomic E-state index is 0.0242. The lowest BCUT2D eigenvalue weighted by molar-refractivity contribution is 0.448. The highest BCUT2D eigenvalue weighted by molar-refractivity contribution is 7.80. The summed E-state index contributed by atoms with van der Waals surface area (Å²) in [5.74, 6) is -4.11. The Balaban J connectivity index is 3.06. The molecular weight excluding hydrogens is 201 g/mol. The van der Waals surface area contributed by atoms with Crippen LogP contribution in [0.1, 0.15) is 0 Å². The highest BCUT2D eigenvalue weighted by Crippen LogP contribution is 2.16. The third kappa shape index (κ3) is 2.32. The van der Waals surface area contributed by atoms with Crippen LogP contribution in [0.15, 0.2) is 12.1 Å². The molecule has 0 aliphatic heterocycles. The van der Waals surface area contributed by atoms with Gasteiger partial charge in [-0.2, -0.15) is 0 Å². The average Bonchev–Trinajstić information content (AvgIpc) is 1.98. The molecule has 1 aromatic rings. The van der Waals surface area contributed by atoms with E-state index in [2.05, 4.69) is 17.5 Å². The number of rotatable bonds is 1. The van der Waals surface area contributed by atoms with Crippen LogP contribution in [-0.2, 0) is 0 Å². The maximum absolute atomic E-state index is 12.6. The number of nitrogens with one attached hydrogen (secondary N) is 1. The van der Waals surface area contributed by atoms with E-state index >= 15 is 0 Å². The van der Waals surface area contributed by atoms with Crippen LogP contribution in [-0.4, -0.2) is 5.11 Å². The molecule has 0 bridgehead atoms. The van der Waals surface area contributed by atoms with Crippen molar-refractivity contribution in [2.75, 3.05) is 5.32 Å². The summed E-state index contributed by atoms with van der Waals surface area (Å²) in [6.45, 7) is 0. The second kappa shape index (κ2) is 3.61. The van der Waals surface area contributed by atoms with Crippen molar-refractivity contribution in [3.63, 3.8) is 0 Å². The largest absolute Gasteiger partial charge is 0.376 e. The van der Waals surface area contributed by atoms with Gasteiger partial charge >= 0.3 is 0 Å². The van der Waals surface area contributed by atoms with E-state index in [1.54, 1.807) is 0 Å². The molecule has 0 atom stereocenters. The Bertz CT molecular complexity index is 331. The predicted octanol–water partition coefficient (Wildman–Crippen LogP) is 1.76. The Morgan fingerprint density at radius 2 is 1.69 bits per heavy atom. The van der Waals surface area contributed by atoms with Gasteiger partial charge in [-0.3, -0.25) is 0 Å². The van der Waals surface area contributed by atoms with Gasteiger partial charge in [0.2, 0.25) is 0 Å². The number of hydrogen-bond donors (Lipinski definition) is 2. The van der Waals surface area contributed by atoms with E-state index in [0.717, 1.165) is 12.1 Å². The third-order valence-corrected chi connectivity index (χ3v) is 1.35. The zero-order valence-electron chi connectivity index (χ0n) is 6.27. The number of nitrogens with two attached hydrogens (primary N) is 1. The minimum Gasteiger partial charge on any atom is -0.376 e. The van der Waals surface area contributed by atoms with Crippen molar-refractivity contribution in [1.29, 1.82) is 0 Å². The first-order valence-corrected chi connectivity index (χ1v) is 3.62. The standard InChI is InChI=1S/C7H5F3N2S/c8-4-1-3(12-7(11)13)2-5(9)6(4)10/h1-2H,(H3,11,12,13). The van der Waals surface area contributed by atoms with E-state index in [9.17, 15) is 13.2 Å². The SMILES string of the molecule is NC(=S)Nc1cc(F)c(F)c(F)c1. The van der Waals surface area contributed by atoms with E-state index < -0.39 is 17.5 Å². The fraction of sp³-hybridized carbons (Fsp3) is 0. The molecule has 0 saturated carbocycles. The van der Waals surface area contributed by atoms with Gasteiger partial charge < -0.3 is 11.1 Å². The maximum atomic E-state index is 12.6. The molecule has 0 unspecified atom stereocenters. The summed E-state index contributed by atoms with van der Waals surface area (Å²) in [5.41, 5.74) is 5.02. The lowest BCUT2D eigenvalue weighted by Crippen LogP contribution is -2.19. The van der Waals surface area contributed by atoms with Crippen molar-refractivity contribution in [1.82, 2.24) is 0 Å². The van der Waals surface area contributed by atoms with Crippen LogP contribution in [0.25, 0.3) is 0 Å². The molecule has 70 valence electrons. The van der Waals surface area contributed by atoms with Gasteiger partial charge in [-0.15, -0.1) is 0 Å². The van der Waals surface area contributed by atoms with Crippen LogP contribution >= 0.6 is 12.2 Å². The molecule has 0 fully saturated rings. The molecule has 0 amide bonds. The predicted molar refractivity (Wildman–Crippen MR) is 46.7 cm³/mol. The number of benzene rings is 1. The zero-order chi connectivity index (χ0) is 10.0. The van der Waals surface area contributed by atoms with Crippen molar-refractivity contribution in [2.24, 2.45) is 5.73 Å². The van der Waals surface area contributed by atoms with E-state index in [0.29, 0.717) is 0 Å². The maximum Gasteiger partial charge on any atom is 0.194 e. The number of thiocarbonyl (C=S) groups is 1. The summed E-state index contributed by atoms with van der Waals surface area (Å²) >= 11 is 4.42. The van der Waals surface area contributed by atoms with Crippen LogP contribution < -0.4 is 11.1 Å². The van der Waals surface area contributed by atoms with Crippen LogP contribution in [0.2, 0.25) is 0 Å². The number of anilines is 1. The second-order valence-corrected chi connectivity index (χ2v) is 2.68. The Kier molecular flexibility index (Phi) is 2.72. The molecule has 0 aliphatic carbocycles. The number of halogens is 3. The molecule has 2 nitrogen and oxygen atoms in total. The van der Waals surface area contributed by atoms with E-state index in [4.69, 9.17) is 5.73 Å². The van der Waals surface area contributed by atoms with Gasteiger partial charge in [0.25, 0.3) is 0 Å². The molecule has 0 spiro atoms. The normalized spacial score (nSPS) is 9.77. The van der Waals surface area contributed by atoms with Crippen molar-refractivity contribution in [3.05, 3.63) is 29.6 Å². The third-order valence-electron chi connectivity index (χ3n) is 1.25. The molecule has 0 saturated heterocycles. The van der Waals surface area contributed by atoms with Gasteiger partial charge in [-0.25, -0.2) is 13.2 Å². The van der Waals surface area contributed by atoms with E-state index in [1.807, 2.05) is 0 Å². The highest BCUT2D eigenvalue weighted by atomic mass is 32.1. The van der Waals surface area contributed by atoms with Crippen LogP contribution in [0.3, 0.4) is 0 Å². The van der Waals surface area contributed by atoms with Crippen LogP contribution in [0.4, 0.5) is 18.9 Å². The molecule has 1 rings (SSSR count). The average molecular weight is 206 g/mol. The molecule has 0 radical (unpaired) electrons. The zero-order valence-corrected chi connectivity index (χ0v) is 7.09. The Morgan fingerprint density at radius 3 is 2.08 bits per heavy atom. The first kappa shape index (κ1) is 9.79. The van der Waals surface area contributed by atoms with Gasteiger partial charge in [0, 0.05) is 17.8 Å². The topological polar surface area (TPSA) is 38.0 Å². The van der Waals surface area contributed by atoms with Gasteiger partial charge in [0.15, 0.2) is 22.6 Å². The summed E-state index contributed by atoms with van der Waals surface area (Å²) in [6.07, 6.45) is 0. The van der Waals surface area contributed by atoms with Gasteiger partial charge in [-0.05, 0) is 12.2 Å². The second-order valence-electron chi connectivity index (χ2n) is 2.24. The van der Waals surface area contributed by atoms with Gasteiger partial charge in [0.1, 0.15) is 0 Å². The molecule has 0 aromatic heterocycles. The summed E-state index contributed by atoms with van der Waals surface area (Å²) in [4.78, 5) is 0. The van der Waals surface area contributed by atoms with Crippen LogP contribution in [0, 0.1) is 17.5 Å². The van der Waals surface area contributed by atoms with Crippen molar-refractivity contribution in [3.8, 4) is 0 Å². The monoisotopic (exact) mass is 206 g/mol. The Hall–Kier alpha value is -1.30. The number of hydrogen-bond acceptors (Lipinski definition) is 1. The fourth-order valence-corrected chi connectivity index (χ4v) is 0.888. The summed E-state index contributed by atoms with van der Waals surface area (Å²) in [6, 6.07) is 1.52. The summed E-state index contributed by atoms with van der Waals surface area (Å²) in [7, 11) is 0. The Labute approximate surface area is 77.5 Å². The van der Waals surface area contributed by atoms with E-state index in [-0.39, 0.29) is 10.8 Å². The van der Waals surface area contributed by atoms with Crippen LogP contribution in [0.5, 0.6) is 0 Å². The molecule has 1 aromatic carbocycles. The van der Waals surface area contributed by atoms with Crippen molar-refractivity contribution >= 4 is 23.0 Å². The lowest BCUT2D eigenvalue weighted by Gasteiger charge is -2.04. The van der Waals surface area contributed by atoms with Crippen molar-refractivity contribution in [2.45, 2.75) is 0 Å². The molecular formula is C7H5F3N2S. The minimum atomic E-state index is -1.52. The smallest absolute Gasteiger partial charge is 0.194 e. The molecule has 6 heteroatoms. The van der Waals surface area contributed by atoms with Gasteiger partial charge in [-0.1, -0.05) is 0 Å². The first-order chi connectivity index (χ1) is 6.00. The lowest BCUT2D eigenvalue weighted by atomic mass is 10.3. The molecule has 0 aliphatic rings. The quantitative estimate of drug-likeness (QED) is 0.543. The fourth-order valence-electron chi connectivity index (χ4n) is 0.770. The molecule has 13 heavy (non-hydrogen) atoms. The summed E-state index contributed by atoms with van der Waals surface area (Å²) in [5, 5.41) is 2.13. The molecule has 0 heterocycles. The molecule has 3 N–H and O–H groups in total. The van der Waals surface area contributed by atoms with E-state index in [1.165, 1.54) is 0 Å². The highest BCUT2D eigenvalue weighted by Gasteiger charge is 2.10. The summed E-state index contributed by atoms with van der Waals surface area (Å²) < 4.78 is 37.5. The first-order valence-electron chi connectivity index (χ1n) is 3.21. The van der Waals surface area contributed by atoms with Gasteiger partial charge in [0.05, 0.1) is 0 Å².